The molecule has 3 amide bonds. The van der Waals surface area contributed by atoms with Gasteiger partial charge in [-0.1, -0.05) is 56.3 Å². The van der Waals surface area contributed by atoms with E-state index in [1.807, 2.05) is 77.1 Å². The molecule has 1 aliphatic carbocycles. The summed E-state index contributed by atoms with van der Waals surface area (Å²) in [5, 5.41) is 5.94. The van der Waals surface area contributed by atoms with E-state index >= 15 is 0 Å². The van der Waals surface area contributed by atoms with Crippen molar-refractivity contribution in [1.82, 2.24) is 10.2 Å². The molecule has 206 valence electrons. The number of nitrogens with zero attached hydrogens (tertiary/aromatic N) is 1. The second-order valence-corrected chi connectivity index (χ2v) is 11.7. The van der Waals surface area contributed by atoms with E-state index in [-0.39, 0.29) is 23.8 Å². The van der Waals surface area contributed by atoms with E-state index in [1.54, 1.807) is 25.7 Å². The largest absolute Gasteiger partial charge is 0.444 e. The van der Waals surface area contributed by atoms with Gasteiger partial charge in [-0.05, 0) is 89.0 Å². The summed E-state index contributed by atoms with van der Waals surface area (Å²) in [6.45, 7) is 15.0. The number of carbonyl (C=O) groups is 3. The molecule has 38 heavy (non-hydrogen) atoms. The van der Waals surface area contributed by atoms with E-state index in [2.05, 4.69) is 10.6 Å². The summed E-state index contributed by atoms with van der Waals surface area (Å²) in [4.78, 5) is 42.9. The highest BCUT2D eigenvalue weighted by molar-refractivity contribution is 6.00. The van der Waals surface area contributed by atoms with Gasteiger partial charge < -0.3 is 20.3 Å². The molecule has 2 aromatic carbocycles. The van der Waals surface area contributed by atoms with Crippen LogP contribution < -0.4 is 10.6 Å². The lowest BCUT2D eigenvalue weighted by atomic mass is 9.86. The number of aryl methyl sites for hydroxylation is 3. The van der Waals surface area contributed by atoms with Crippen molar-refractivity contribution < 1.29 is 19.1 Å². The van der Waals surface area contributed by atoms with Gasteiger partial charge in [0.05, 0.1) is 0 Å². The highest BCUT2D eigenvalue weighted by Gasteiger charge is 2.43. The van der Waals surface area contributed by atoms with Gasteiger partial charge in [0.25, 0.3) is 5.91 Å². The zero-order valence-electron chi connectivity index (χ0n) is 24.1. The van der Waals surface area contributed by atoms with Crippen LogP contribution in [0.5, 0.6) is 0 Å². The summed E-state index contributed by atoms with van der Waals surface area (Å²) < 4.78 is 5.47. The lowest BCUT2D eigenvalue weighted by Gasteiger charge is -2.44. The second kappa shape index (κ2) is 12.0. The van der Waals surface area contributed by atoms with E-state index in [4.69, 9.17) is 4.74 Å². The van der Waals surface area contributed by atoms with E-state index in [0.717, 1.165) is 47.2 Å². The molecule has 0 aliphatic heterocycles. The van der Waals surface area contributed by atoms with E-state index in [0.29, 0.717) is 0 Å². The first-order valence-electron chi connectivity index (χ1n) is 13.5. The maximum Gasteiger partial charge on any atom is 0.408 e. The van der Waals surface area contributed by atoms with Gasteiger partial charge in [0.2, 0.25) is 5.91 Å². The van der Waals surface area contributed by atoms with Crippen LogP contribution >= 0.6 is 0 Å². The summed E-state index contributed by atoms with van der Waals surface area (Å²) >= 11 is 0. The first kappa shape index (κ1) is 29.2. The first-order chi connectivity index (χ1) is 17.8. The Bertz CT molecular complexity index is 1140. The highest BCUT2D eigenvalue weighted by atomic mass is 16.6. The topological polar surface area (TPSA) is 87.7 Å². The van der Waals surface area contributed by atoms with Crippen LogP contribution in [0.3, 0.4) is 0 Å². The predicted octanol–water partition coefficient (Wildman–Crippen LogP) is 6.22. The maximum absolute atomic E-state index is 14.3. The molecule has 0 radical (unpaired) electrons. The molecule has 2 aromatic rings. The number of rotatable bonds is 8. The fourth-order valence-electron chi connectivity index (χ4n) is 4.81. The van der Waals surface area contributed by atoms with Crippen LogP contribution in [0.1, 0.15) is 82.2 Å². The molecule has 7 heteroatoms. The standard InChI is InChI=1S/C31H43N3O4/c1-19(2)25(33-30(37)38-31(6,7)8)29(36)34(23-16-12-17-23)27(24-18-10-9-13-20(24)3)28(35)32-26-21(4)14-11-15-22(26)5/h9-11,13-15,18-19,23,25,27H,12,16-17H2,1-8H3,(H,32,35)(H,33,37). The molecule has 0 bridgehead atoms. The van der Waals surface area contributed by atoms with Gasteiger partial charge in [0.1, 0.15) is 17.7 Å². The van der Waals surface area contributed by atoms with Gasteiger partial charge in [-0.25, -0.2) is 4.79 Å². The molecular formula is C31H43N3O4. The summed E-state index contributed by atoms with van der Waals surface area (Å²) in [6, 6.07) is 11.8. The normalized spacial score (nSPS) is 15.3. The van der Waals surface area contributed by atoms with E-state index in [1.165, 1.54) is 0 Å². The number of hydrogen-bond acceptors (Lipinski definition) is 4. The predicted molar refractivity (Wildman–Crippen MR) is 151 cm³/mol. The Kier molecular flexibility index (Phi) is 9.23. The smallest absolute Gasteiger partial charge is 0.408 e. The SMILES string of the molecule is Cc1ccccc1C(C(=O)Nc1c(C)cccc1C)N(C(=O)C(NC(=O)OC(C)(C)C)C(C)C)C1CCC1. The molecular weight excluding hydrogens is 478 g/mol. The number of nitrogens with one attached hydrogen (secondary N) is 2. The Hall–Kier alpha value is -3.35. The molecule has 2 atom stereocenters. The molecule has 1 saturated carbocycles. The van der Waals surface area contributed by atoms with Gasteiger partial charge in [-0.3, -0.25) is 9.59 Å². The molecule has 2 N–H and O–H groups in total. The summed E-state index contributed by atoms with van der Waals surface area (Å²) in [5.74, 6) is -0.756. The lowest BCUT2D eigenvalue weighted by Crippen LogP contribution is -2.58. The monoisotopic (exact) mass is 521 g/mol. The number of amides is 3. The molecule has 1 aliphatic rings. The number of hydrogen-bond donors (Lipinski definition) is 2. The van der Waals surface area contributed by atoms with Crippen molar-refractivity contribution in [3.8, 4) is 0 Å². The van der Waals surface area contributed by atoms with Crippen LogP contribution in [-0.2, 0) is 14.3 Å². The lowest BCUT2D eigenvalue weighted by molar-refractivity contribution is -0.146. The molecule has 0 saturated heterocycles. The van der Waals surface area contributed by atoms with Crippen molar-refractivity contribution in [2.24, 2.45) is 5.92 Å². The van der Waals surface area contributed by atoms with Crippen LogP contribution in [0.25, 0.3) is 0 Å². The van der Waals surface area contributed by atoms with E-state index in [9.17, 15) is 14.4 Å². The Morgan fingerprint density at radius 2 is 1.50 bits per heavy atom. The fourth-order valence-corrected chi connectivity index (χ4v) is 4.81. The number of alkyl carbamates (subject to hydrolysis) is 1. The zero-order chi connectivity index (χ0) is 28.2. The van der Waals surface area contributed by atoms with Crippen LogP contribution in [0.4, 0.5) is 10.5 Å². The van der Waals surface area contributed by atoms with Crippen LogP contribution in [-0.4, -0.2) is 40.5 Å². The Morgan fingerprint density at radius 3 is 2.00 bits per heavy atom. The molecule has 0 aromatic heterocycles. The molecule has 2 unspecified atom stereocenters. The van der Waals surface area contributed by atoms with Crippen molar-refractivity contribution in [2.45, 2.75) is 98.4 Å². The van der Waals surface area contributed by atoms with Crippen LogP contribution in [0.2, 0.25) is 0 Å². The quantitative estimate of drug-likeness (QED) is 0.432. The number of carbonyl (C=O) groups excluding carboxylic acids is 3. The number of ether oxygens (including phenoxy) is 1. The molecule has 0 spiro atoms. The molecule has 7 nitrogen and oxygen atoms in total. The average Bonchev–Trinajstić information content (AvgIpc) is 2.77. The number of anilines is 1. The number of benzene rings is 2. The van der Waals surface area contributed by atoms with Gasteiger partial charge in [0.15, 0.2) is 0 Å². The maximum atomic E-state index is 14.3. The number of para-hydroxylation sites is 1. The minimum atomic E-state index is -0.852. The third-order valence-electron chi connectivity index (χ3n) is 7.07. The summed E-state index contributed by atoms with van der Waals surface area (Å²) in [5.41, 5.74) is 3.66. The van der Waals surface area contributed by atoms with Crippen molar-refractivity contribution in [2.75, 3.05) is 5.32 Å². The van der Waals surface area contributed by atoms with Crippen molar-refractivity contribution >= 4 is 23.6 Å². The van der Waals surface area contributed by atoms with Crippen LogP contribution in [0.15, 0.2) is 42.5 Å². The third-order valence-corrected chi connectivity index (χ3v) is 7.07. The highest BCUT2D eigenvalue weighted by Crippen LogP contribution is 2.36. The molecule has 1 fully saturated rings. The van der Waals surface area contributed by atoms with E-state index < -0.39 is 23.8 Å². The molecule has 0 heterocycles. The fraction of sp³-hybridized carbons (Fsp3) is 0.516. The minimum absolute atomic E-state index is 0.0995. The van der Waals surface area contributed by atoms with Gasteiger partial charge >= 0.3 is 6.09 Å². The zero-order valence-corrected chi connectivity index (χ0v) is 24.1. The first-order valence-corrected chi connectivity index (χ1v) is 13.5. The summed E-state index contributed by atoms with van der Waals surface area (Å²) in [7, 11) is 0. The Labute approximate surface area is 227 Å². The van der Waals surface area contributed by atoms with Crippen molar-refractivity contribution in [3.05, 3.63) is 64.7 Å². The van der Waals surface area contributed by atoms with Gasteiger partial charge in [-0.2, -0.15) is 0 Å². The molecule has 3 rings (SSSR count). The van der Waals surface area contributed by atoms with Crippen LogP contribution in [0, 0.1) is 26.7 Å². The van der Waals surface area contributed by atoms with Gasteiger partial charge in [0, 0.05) is 11.7 Å². The van der Waals surface area contributed by atoms with Crippen molar-refractivity contribution in [1.29, 1.82) is 0 Å². The average molecular weight is 522 g/mol. The Balaban J connectivity index is 2.06. The minimum Gasteiger partial charge on any atom is -0.444 e. The van der Waals surface area contributed by atoms with Gasteiger partial charge in [-0.15, -0.1) is 0 Å². The third kappa shape index (κ3) is 6.94. The van der Waals surface area contributed by atoms with Crippen molar-refractivity contribution in [3.63, 3.8) is 0 Å². The Morgan fingerprint density at radius 1 is 0.921 bits per heavy atom. The second-order valence-electron chi connectivity index (χ2n) is 11.7. The summed E-state index contributed by atoms with van der Waals surface area (Å²) in [6.07, 6.45) is 1.95.